The van der Waals surface area contributed by atoms with E-state index in [1.807, 2.05) is 44.2 Å². The molecular formula is C20H24FNO2. The lowest BCUT2D eigenvalue weighted by molar-refractivity contribution is -0.143. The summed E-state index contributed by atoms with van der Waals surface area (Å²) in [5, 5.41) is 0. The van der Waals surface area contributed by atoms with E-state index >= 15 is 0 Å². The van der Waals surface area contributed by atoms with Gasteiger partial charge in [0.2, 0.25) is 0 Å². The van der Waals surface area contributed by atoms with Crippen molar-refractivity contribution >= 4 is 5.97 Å². The Bertz CT molecular complexity index is 756. The van der Waals surface area contributed by atoms with Gasteiger partial charge in [0.05, 0.1) is 13.0 Å². The molecule has 0 fully saturated rings. The number of aryl methyl sites for hydroxylation is 2. The fourth-order valence-electron chi connectivity index (χ4n) is 3.01. The van der Waals surface area contributed by atoms with Gasteiger partial charge in [-0.05, 0) is 61.6 Å². The van der Waals surface area contributed by atoms with E-state index < -0.39 is 12.0 Å². The summed E-state index contributed by atoms with van der Waals surface area (Å²) in [5.74, 6) is -0.760. The standard InChI is InChI=1S/C20H24FNO2/c1-5-24-18(23)11-17(22)19-14(4)16(10-13(3)20(19)21)15-9-7-6-8-12(15)2/h6-10,17H,5,11,22H2,1-4H3/t17-/m0/s1. The van der Waals surface area contributed by atoms with Crippen LogP contribution in [0.5, 0.6) is 0 Å². The van der Waals surface area contributed by atoms with Gasteiger partial charge in [-0.3, -0.25) is 4.79 Å². The van der Waals surface area contributed by atoms with Crippen molar-refractivity contribution in [2.75, 3.05) is 6.61 Å². The number of carbonyl (C=O) groups excluding carboxylic acids is 1. The molecule has 3 nitrogen and oxygen atoms in total. The Morgan fingerprint density at radius 3 is 2.46 bits per heavy atom. The first-order valence-corrected chi connectivity index (χ1v) is 8.13. The normalized spacial score (nSPS) is 12.1. The maximum absolute atomic E-state index is 14.7. The van der Waals surface area contributed by atoms with Crippen LogP contribution in [0.3, 0.4) is 0 Å². The second kappa shape index (κ2) is 7.58. The second-order valence-electron chi connectivity index (χ2n) is 6.02. The minimum Gasteiger partial charge on any atom is -0.466 e. The highest BCUT2D eigenvalue weighted by Crippen LogP contribution is 2.34. The summed E-state index contributed by atoms with van der Waals surface area (Å²) in [7, 11) is 0. The first-order chi connectivity index (χ1) is 11.4. The SMILES string of the molecule is CCOC(=O)C[C@H](N)c1c(C)c(-c2ccccc2C)cc(C)c1F. The predicted molar refractivity (Wildman–Crippen MR) is 94.2 cm³/mol. The van der Waals surface area contributed by atoms with Gasteiger partial charge in [-0.1, -0.05) is 24.3 Å². The monoisotopic (exact) mass is 329 g/mol. The van der Waals surface area contributed by atoms with E-state index in [0.717, 1.165) is 22.3 Å². The molecule has 4 heteroatoms. The Labute approximate surface area is 142 Å². The van der Waals surface area contributed by atoms with E-state index in [0.29, 0.717) is 11.1 Å². The zero-order valence-corrected chi connectivity index (χ0v) is 14.7. The van der Waals surface area contributed by atoms with Crippen LogP contribution in [0.4, 0.5) is 4.39 Å². The van der Waals surface area contributed by atoms with Crippen molar-refractivity contribution in [2.24, 2.45) is 5.73 Å². The van der Waals surface area contributed by atoms with Gasteiger partial charge in [0.1, 0.15) is 5.82 Å². The lowest BCUT2D eigenvalue weighted by Gasteiger charge is -2.20. The van der Waals surface area contributed by atoms with Crippen molar-refractivity contribution in [1.29, 1.82) is 0 Å². The molecule has 0 aromatic heterocycles. The number of hydrogen-bond donors (Lipinski definition) is 1. The number of esters is 1. The molecule has 24 heavy (non-hydrogen) atoms. The summed E-state index contributed by atoms with van der Waals surface area (Å²) in [5.41, 5.74) is 10.9. The highest BCUT2D eigenvalue weighted by molar-refractivity contribution is 5.74. The summed E-state index contributed by atoms with van der Waals surface area (Å²) in [6, 6.07) is 9.07. The van der Waals surface area contributed by atoms with Gasteiger partial charge in [-0.25, -0.2) is 4.39 Å². The van der Waals surface area contributed by atoms with Gasteiger partial charge in [0.25, 0.3) is 0 Å². The van der Waals surface area contributed by atoms with Crippen molar-refractivity contribution in [1.82, 2.24) is 0 Å². The Hall–Kier alpha value is -2.20. The van der Waals surface area contributed by atoms with Gasteiger partial charge < -0.3 is 10.5 Å². The highest BCUT2D eigenvalue weighted by atomic mass is 19.1. The quantitative estimate of drug-likeness (QED) is 0.829. The van der Waals surface area contributed by atoms with Crippen molar-refractivity contribution in [3.05, 3.63) is 58.4 Å². The zero-order chi connectivity index (χ0) is 17.9. The summed E-state index contributed by atoms with van der Waals surface area (Å²) in [6.07, 6.45) is -0.0394. The molecule has 0 aliphatic rings. The van der Waals surface area contributed by atoms with Gasteiger partial charge in [0.15, 0.2) is 0 Å². The zero-order valence-electron chi connectivity index (χ0n) is 14.7. The molecule has 0 aliphatic carbocycles. The number of rotatable bonds is 5. The van der Waals surface area contributed by atoms with Crippen molar-refractivity contribution in [3.8, 4) is 11.1 Å². The molecule has 0 heterocycles. The number of hydrogen-bond acceptors (Lipinski definition) is 3. The van der Waals surface area contributed by atoms with Crippen LogP contribution < -0.4 is 5.73 Å². The van der Waals surface area contributed by atoms with Crippen LogP contribution in [0, 0.1) is 26.6 Å². The Morgan fingerprint density at radius 2 is 1.83 bits per heavy atom. The smallest absolute Gasteiger partial charge is 0.307 e. The van der Waals surface area contributed by atoms with Crippen LogP contribution in [0.2, 0.25) is 0 Å². The molecule has 0 radical (unpaired) electrons. The maximum Gasteiger partial charge on any atom is 0.307 e. The van der Waals surface area contributed by atoms with Gasteiger partial charge >= 0.3 is 5.97 Å². The first-order valence-electron chi connectivity index (χ1n) is 8.13. The Balaban J connectivity index is 2.53. The van der Waals surface area contributed by atoms with Crippen LogP contribution in [0.15, 0.2) is 30.3 Å². The van der Waals surface area contributed by atoms with Crippen LogP contribution in [-0.4, -0.2) is 12.6 Å². The van der Waals surface area contributed by atoms with Crippen molar-refractivity contribution < 1.29 is 13.9 Å². The molecule has 0 unspecified atom stereocenters. The lowest BCUT2D eigenvalue weighted by atomic mass is 9.88. The Morgan fingerprint density at radius 1 is 1.17 bits per heavy atom. The van der Waals surface area contributed by atoms with Gasteiger partial charge in [0, 0.05) is 11.6 Å². The van der Waals surface area contributed by atoms with Crippen LogP contribution in [0.1, 0.15) is 41.6 Å². The number of halogens is 1. The molecular weight excluding hydrogens is 305 g/mol. The fourth-order valence-corrected chi connectivity index (χ4v) is 3.01. The highest BCUT2D eigenvalue weighted by Gasteiger charge is 2.22. The maximum atomic E-state index is 14.7. The minimum absolute atomic E-state index is 0.0394. The van der Waals surface area contributed by atoms with Gasteiger partial charge in [-0.15, -0.1) is 0 Å². The van der Waals surface area contributed by atoms with Crippen LogP contribution in [-0.2, 0) is 9.53 Å². The number of nitrogens with two attached hydrogens (primary N) is 1. The average molecular weight is 329 g/mol. The van der Waals surface area contributed by atoms with E-state index in [9.17, 15) is 9.18 Å². The molecule has 2 rings (SSSR count). The Kier molecular flexibility index (Phi) is 5.73. The lowest BCUT2D eigenvalue weighted by Crippen LogP contribution is -2.20. The summed E-state index contributed by atoms with van der Waals surface area (Å²) in [4.78, 5) is 11.7. The summed E-state index contributed by atoms with van der Waals surface area (Å²) >= 11 is 0. The predicted octanol–water partition coefficient (Wildman–Crippen LogP) is 4.37. The molecule has 0 amide bonds. The molecule has 1 atom stereocenters. The van der Waals surface area contributed by atoms with E-state index in [1.165, 1.54) is 0 Å². The number of benzene rings is 2. The number of ether oxygens (including phenoxy) is 1. The van der Waals surface area contributed by atoms with Crippen molar-refractivity contribution in [3.63, 3.8) is 0 Å². The van der Waals surface area contributed by atoms with E-state index in [4.69, 9.17) is 10.5 Å². The molecule has 2 aromatic carbocycles. The molecule has 0 aliphatic heterocycles. The largest absolute Gasteiger partial charge is 0.466 e. The molecule has 2 N–H and O–H groups in total. The van der Waals surface area contributed by atoms with E-state index in [2.05, 4.69) is 0 Å². The van der Waals surface area contributed by atoms with E-state index in [-0.39, 0.29) is 18.8 Å². The third-order valence-corrected chi connectivity index (χ3v) is 4.25. The number of carbonyl (C=O) groups is 1. The molecule has 0 saturated heterocycles. The van der Waals surface area contributed by atoms with Gasteiger partial charge in [-0.2, -0.15) is 0 Å². The first kappa shape index (κ1) is 18.1. The van der Waals surface area contributed by atoms with Crippen LogP contribution >= 0.6 is 0 Å². The van der Waals surface area contributed by atoms with E-state index in [1.54, 1.807) is 13.8 Å². The molecule has 0 spiro atoms. The second-order valence-corrected chi connectivity index (χ2v) is 6.02. The molecule has 2 aromatic rings. The fraction of sp³-hybridized carbons (Fsp3) is 0.350. The third-order valence-electron chi connectivity index (χ3n) is 4.25. The molecule has 128 valence electrons. The summed E-state index contributed by atoms with van der Waals surface area (Å²) < 4.78 is 19.6. The summed E-state index contributed by atoms with van der Waals surface area (Å²) in [6.45, 7) is 7.61. The molecule has 0 saturated carbocycles. The minimum atomic E-state index is -0.730. The molecule has 0 bridgehead atoms. The third kappa shape index (κ3) is 3.65. The van der Waals surface area contributed by atoms with Crippen LogP contribution in [0.25, 0.3) is 11.1 Å². The average Bonchev–Trinajstić information content (AvgIpc) is 2.52. The topological polar surface area (TPSA) is 52.3 Å². The van der Waals surface area contributed by atoms with Crippen molar-refractivity contribution in [2.45, 2.75) is 40.2 Å².